The third-order valence-corrected chi connectivity index (χ3v) is 4.17. The third kappa shape index (κ3) is 4.56. The minimum absolute atomic E-state index is 0.0251. The summed E-state index contributed by atoms with van der Waals surface area (Å²) in [5, 5.41) is 13.0. The van der Waals surface area contributed by atoms with Crippen LogP contribution in [-0.2, 0) is 6.54 Å². The molecule has 1 aromatic heterocycles. The van der Waals surface area contributed by atoms with Gasteiger partial charge in [0.1, 0.15) is 11.7 Å². The zero-order valence-electron chi connectivity index (χ0n) is 14.5. The SMILES string of the molecule is CC(O)C#Cc1ccc2[nH]cc(C(=O)NCc3ccc(Cl)cc3)c(=O)c2c1. The van der Waals surface area contributed by atoms with Crippen LogP contribution in [0.5, 0.6) is 0 Å². The van der Waals surface area contributed by atoms with Crippen LogP contribution in [0, 0.1) is 11.8 Å². The van der Waals surface area contributed by atoms with Crippen molar-refractivity contribution in [2.45, 2.75) is 19.6 Å². The Morgan fingerprint density at radius 2 is 2.00 bits per heavy atom. The van der Waals surface area contributed by atoms with Gasteiger partial charge in [-0.2, -0.15) is 0 Å². The van der Waals surface area contributed by atoms with Crippen LogP contribution in [0.4, 0.5) is 0 Å². The number of hydrogen-bond donors (Lipinski definition) is 3. The Morgan fingerprint density at radius 3 is 2.70 bits per heavy atom. The van der Waals surface area contributed by atoms with Crippen molar-refractivity contribution in [1.29, 1.82) is 0 Å². The minimum Gasteiger partial charge on any atom is -0.381 e. The van der Waals surface area contributed by atoms with Gasteiger partial charge in [0.25, 0.3) is 5.91 Å². The van der Waals surface area contributed by atoms with E-state index in [-0.39, 0.29) is 17.5 Å². The number of carbonyl (C=O) groups excluding carboxylic acids is 1. The third-order valence-electron chi connectivity index (χ3n) is 3.92. The van der Waals surface area contributed by atoms with Crippen molar-refractivity contribution < 1.29 is 9.90 Å². The molecule has 2 aromatic carbocycles. The van der Waals surface area contributed by atoms with E-state index >= 15 is 0 Å². The minimum atomic E-state index is -0.760. The molecule has 3 N–H and O–H groups in total. The van der Waals surface area contributed by atoms with E-state index in [1.54, 1.807) is 49.4 Å². The molecule has 0 aliphatic carbocycles. The first-order valence-corrected chi connectivity index (χ1v) is 8.69. The molecule has 0 bridgehead atoms. The molecular formula is C21H17ClN2O3. The van der Waals surface area contributed by atoms with E-state index in [2.05, 4.69) is 22.1 Å². The van der Waals surface area contributed by atoms with Crippen LogP contribution in [0.1, 0.15) is 28.4 Å². The Balaban J connectivity index is 1.86. The number of aromatic amines is 1. The summed E-state index contributed by atoms with van der Waals surface area (Å²) in [4.78, 5) is 28.1. The number of aliphatic hydroxyl groups is 1. The average Bonchev–Trinajstić information content (AvgIpc) is 2.66. The zero-order chi connectivity index (χ0) is 19.4. The van der Waals surface area contributed by atoms with Gasteiger partial charge in [0.15, 0.2) is 0 Å². The van der Waals surface area contributed by atoms with Crippen molar-refractivity contribution in [2.75, 3.05) is 0 Å². The van der Waals surface area contributed by atoms with Crippen LogP contribution >= 0.6 is 11.6 Å². The van der Waals surface area contributed by atoms with Crippen LogP contribution in [0.25, 0.3) is 10.9 Å². The van der Waals surface area contributed by atoms with Gasteiger partial charge in [-0.05, 0) is 42.8 Å². The van der Waals surface area contributed by atoms with Crippen molar-refractivity contribution >= 4 is 28.4 Å². The molecule has 0 saturated carbocycles. The fourth-order valence-electron chi connectivity index (χ4n) is 2.53. The topological polar surface area (TPSA) is 82.2 Å². The fraction of sp³-hybridized carbons (Fsp3) is 0.143. The van der Waals surface area contributed by atoms with Crippen LogP contribution < -0.4 is 10.7 Å². The molecular weight excluding hydrogens is 364 g/mol. The molecule has 136 valence electrons. The second-order valence-electron chi connectivity index (χ2n) is 6.05. The van der Waals surface area contributed by atoms with Gasteiger partial charge in [-0.3, -0.25) is 9.59 Å². The second kappa shape index (κ2) is 8.09. The van der Waals surface area contributed by atoms with Gasteiger partial charge in [0, 0.05) is 34.2 Å². The number of fused-ring (bicyclic) bond motifs is 1. The molecule has 6 heteroatoms. The lowest BCUT2D eigenvalue weighted by Gasteiger charge is -2.07. The van der Waals surface area contributed by atoms with E-state index < -0.39 is 12.0 Å². The summed E-state index contributed by atoms with van der Waals surface area (Å²) in [5.41, 5.74) is 1.72. The predicted molar refractivity (Wildman–Crippen MR) is 106 cm³/mol. The average molecular weight is 381 g/mol. The highest BCUT2D eigenvalue weighted by Gasteiger charge is 2.13. The molecule has 0 spiro atoms. The van der Waals surface area contributed by atoms with E-state index in [9.17, 15) is 14.7 Å². The lowest BCUT2D eigenvalue weighted by molar-refractivity contribution is 0.0949. The second-order valence-corrected chi connectivity index (χ2v) is 6.48. The molecule has 3 rings (SSSR count). The molecule has 3 aromatic rings. The van der Waals surface area contributed by atoms with E-state index in [1.165, 1.54) is 6.20 Å². The lowest BCUT2D eigenvalue weighted by atomic mass is 10.1. The van der Waals surface area contributed by atoms with Crippen molar-refractivity contribution in [3.63, 3.8) is 0 Å². The van der Waals surface area contributed by atoms with E-state index in [0.717, 1.165) is 5.56 Å². The summed E-state index contributed by atoms with van der Waals surface area (Å²) in [6.45, 7) is 1.84. The van der Waals surface area contributed by atoms with Gasteiger partial charge >= 0.3 is 0 Å². The van der Waals surface area contributed by atoms with E-state index in [4.69, 9.17) is 11.6 Å². The van der Waals surface area contributed by atoms with Gasteiger partial charge < -0.3 is 15.4 Å². The number of amides is 1. The maximum Gasteiger partial charge on any atom is 0.257 e. The molecule has 27 heavy (non-hydrogen) atoms. The van der Waals surface area contributed by atoms with Crippen LogP contribution in [-0.4, -0.2) is 22.1 Å². The predicted octanol–water partition coefficient (Wildman–Crippen LogP) is 2.84. The molecule has 1 atom stereocenters. The summed E-state index contributed by atoms with van der Waals surface area (Å²) in [5.74, 6) is 4.97. The molecule has 0 aliphatic heterocycles. The Labute approximate surface area is 161 Å². The number of pyridine rings is 1. The van der Waals surface area contributed by atoms with Crippen molar-refractivity contribution in [3.8, 4) is 11.8 Å². The first-order valence-electron chi connectivity index (χ1n) is 8.32. The number of aliphatic hydroxyl groups excluding tert-OH is 1. The van der Waals surface area contributed by atoms with Gasteiger partial charge in [0.05, 0.1) is 0 Å². The van der Waals surface area contributed by atoms with Gasteiger partial charge in [-0.15, -0.1) is 0 Å². The quantitative estimate of drug-likeness (QED) is 0.611. The number of halogens is 1. The van der Waals surface area contributed by atoms with E-state index in [0.29, 0.717) is 21.5 Å². The van der Waals surface area contributed by atoms with Gasteiger partial charge in [-0.1, -0.05) is 35.6 Å². The molecule has 1 unspecified atom stereocenters. The van der Waals surface area contributed by atoms with E-state index in [1.807, 2.05) is 0 Å². The number of rotatable bonds is 3. The lowest BCUT2D eigenvalue weighted by Crippen LogP contribution is -2.28. The Kier molecular flexibility index (Phi) is 5.60. The number of hydrogen-bond acceptors (Lipinski definition) is 3. The Bertz CT molecular complexity index is 1110. The standard InChI is InChI=1S/C21H17ClN2O3/c1-13(25)2-3-14-6-9-19-17(10-14)20(26)18(12-23-19)21(27)24-11-15-4-7-16(22)8-5-15/h4-10,12-13,25H,11H2,1H3,(H,23,26)(H,24,27). The van der Waals surface area contributed by atoms with Gasteiger partial charge in [-0.25, -0.2) is 0 Å². The smallest absolute Gasteiger partial charge is 0.257 e. The van der Waals surface area contributed by atoms with Gasteiger partial charge in [0.2, 0.25) is 5.43 Å². The number of aromatic nitrogens is 1. The maximum absolute atomic E-state index is 12.7. The van der Waals surface area contributed by atoms with Crippen molar-refractivity contribution in [1.82, 2.24) is 10.3 Å². The normalized spacial score (nSPS) is 11.5. The molecule has 1 amide bonds. The number of benzene rings is 2. The Morgan fingerprint density at radius 1 is 1.26 bits per heavy atom. The fourth-order valence-corrected chi connectivity index (χ4v) is 2.66. The Hall–Kier alpha value is -3.07. The molecule has 1 heterocycles. The number of carbonyl (C=O) groups is 1. The summed E-state index contributed by atoms with van der Waals surface area (Å²) in [6, 6.07) is 12.2. The van der Waals surface area contributed by atoms with Crippen LogP contribution in [0.15, 0.2) is 53.5 Å². The summed E-state index contributed by atoms with van der Waals surface area (Å²) in [6.07, 6.45) is 0.646. The maximum atomic E-state index is 12.7. The largest absolute Gasteiger partial charge is 0.381 e. The highest BCUT2D eigenvalue weighted by molar-refractivity contribution is 6.30. The highest BCUT2D eigenvalue weighted by atomic mass is 35.5. The van der Waals surface area contributed by atoms with Crippen LogP contribution in [0.2, 0.25) is 5.02 Å². The molecule has 0 radical (unpaired) electrons. The number of H-pyrrole nitrogens is 1. The zero-order valence-corrected chi connectivity index (χ0v) is 15.3. The molecule has 0 aliphatic rings. The summed E-state index contributed by atoms with van der Waals surface area (Å²) >= 11 is 5.84. The highest BCUT2D eigenvalue weighted by Crippen LogP contribution is 2.12. The van der Waals surface area contributed by atoms with Crippen LogP contribution in [0.3, 0.4) is 0 Å². The summed E-state index contributed by atoms with van der Waals surface area (Å²) < 4.78 is 0. The van der Waals surface area contributed by atoms with Crippen molar-refractivity contribution in [3.05, 3.63) is 80.6 Å². The molecule has 0 saturated heterocycles. The first-order chi connectivity index (χ1) is 12.9. The van der Waals surface area contributed by atoms with Crippen molar-refractivity contribution in [2.24, 2.45) is 0 Å². The monoisotopic (exact) mass is 380 g/mol. The molecule has 5 nitrogen and oxygen atoms in total. The first kappa shape index (κ1) is 18.7. The summed E-state index contributed by atoms with van der Waals surface area (Å²) in [7, 11) is 0. The molecule has 0 fully saturated rings. The number of nitrogens with one attached hydrogen (secondary N) is 2.